The molecule has 1 aliphatic heterocycles. The molecule has 2 heterocycles. The van der Waals surface area contributed by atoms with Crippen LogP contribution in [-0.2, 0) is 16.3 Å². The maximum atomic E-state index is 13.2. The smallest absolute Gasteiger partial charge is 0.375 e. The topological polar surface area (TPSA) is 21.3 Å². The Morgan fingerprint density at radius 3 is 2.57 bits per heavy atom. The van der Waals surface area contributed by atoms with Crippen LogP contribution in [0.3, 0.4) is 0 Å². The third-order valence-corrected chi connectivity index (χ3v) is 6.78. The number of benzene rings is 1. The molecule has 2 nitrogen and oxygen atoms in total. The summed E-state index contributed by atoms with van der Waals surface area (Å²) in [6, 6.07) is 10.1. The molecule has 1 aliphatic rings. The van der Waals surface area contributed by atoms with E-state index in [9.17, 15) is 13.2 Å². The quantitative estimate of drug-likeness (QED) is 0.628. The van der Waals surface area contributed by atoms with E-state index in [1.54, 1.807) is 11.3 Å². The Bertz CT molecular complexity index is 772. The Kier molecular flexibility index (Phi) is 6.23. The molecule has 2 aromatic rings. The van der Waals surface area contributed by atoms with Crippen molar-refractivity contribution >= 4 is 11.3 Å². The fourth-order valence-corrected chi connectivity index (χ4v) is 4.91. The van der Waals surface area contributed by atoms with Crippen LogP contribution in [0, 0.1) is 0 Å². The molecule has 6 heteroatoms. The summed E-state index contributed by atoms with van der Waals surface area (Å²) in [5.74, 6) is 0. The average molecular weight is 412 g/mol. The lowest BCUT2D eigenvalue weighted by molar-refractivity contribution is -0.137. The van der Waals surface area contributed by atoms with Crippen molar-refractivity contribution in [1.29, 1.82) is 0 Å². The minimum Gasteiger partial charge on any atom is -0.375 e. The van der Waals surface area contributed by atoms with Crippen LogP contribution in [0.25, 0.3) is 0 Å². The van der Waals surface area contributed by atoms with Gasteiger partial charge in [-0.05, 0) is 62.7 Å². The molecule has 28 heavy (non-hydrogen) atoms. The van der Waals surface area contributed by atoms with Crippen LogP contribution < -0.4 is 5.32 Å². The molecule has 2 atom stereocenters. The Balaban J connectivity index is 1.78. The first-order valence-corrected chi connectivity index (χ1v) is 10.6. The van der Waals surface area contributed by atoms with Crippen molar-refractivity contribution in [3.63, 3.8) is 0 Å². The van der Waals surface area contributed by atoms with Gasteiger partial charge in [-0.25, -0.2) is 0 Å². The molecule has 154 valence electrons. The van der Waals surface area contributed by atoms with Gasteiger partial charge in [0.15, 0.2) is 0 Å². The van der Waals surface area contributed by atoms with Crippen LogP contribution in [0.4, 0.5) is 13.2 Å². The number of rotatable bonds is 6. The number of nitrogens with one attached hydrogen (secondary N) is 1. The molecule has 0 unspecified atom stereocenters. The van der Waals surface area contributed by atoms with Gasteiger partial charge in [0.2, 0.25) is 0 Å². The van der Waals surface area contributed by atoms with E-state index >= 15 is 0 Å². The molecule has 0 amide bonds. The standard InChI is InChI=1S/C22H28F3NOS/c1-20(2)15-18(9-12-27-20)26-11-10-21(3,19-8-5-13-28-19)16-6-4-7-17(14-16)22(23,24)25/h4-8,13-14,18,26H,9-12,15H2,1-3H3/t18-,21-/m0/s1. The fourth-order valence-electron chi connectivity index (χ4n) is 3.97. The van der Waals surface area contributed by atoms with Crippen molar-refractivity contribution in [3.05, 3.63) is 57.8 Å². The number of ether oxygens (including phenoxy) is 1. The van der Waals surface area contributed by atoms with Crippen LogP contribution in [0.15, 0.2) is 41.8 Å². The molecule has 1 fully saturated rings. The van der Waals surface area contributed by atoms with Gasteiger partial charge in [0, 0.05) is 22.9 Å². The SMILES string of the molecule is CC1(C)C[C@@H](NCC[C@@](C)(c2cccc(C(F)(F)F)c2)c2cccs2)CCO1. The van der Waals surface area contributed by atoms with Gasteiger partial charge in [-0.15, -0.1) is 11.3 Å². The molecule has 1 saturated heterocycles. The second-order valence-corrected chi connectivity index (χ2v) is 9.34. The molecule has 0 saturated carbocycles. The second kappa shape index (κ2) is 8.17. The minimum absolute atomic E-state index is 0.131. The molecular formula is C22H28F3NOS. The monoisotopic (exact) mass is 411 g/mol. The van der Waals surface area contributed by atoms with Gasteiger partial charge < -0.3 is 10.1 Å². The highest BCUT2D eigenvalue weighted by Gasteiger charge is 2.35. The van der Waals surface area contributed by atoms with Gasteiger partial charge >= 0.3 is 6.18 Å². The Labute approximate surface area is 169 Å². The van der Waals surface area contributed by atoms with Crippen molar-refractivity contribution in [3.8, 4) is 0 Å². The summed E-state index contributed by atoms with van der Waals surface area (Å²) in [4.78, 5) is 1.08. The molecular weight excluding hydrogens is 383 g/mol. The summed E-state index contributed by atoms with van der Waals surface area (Å²) < 4.78 is 45.5. The molecule has 0 spiro atoms. The molecule has 0 radical (unpaired) electrons. The van der Waals surface area contributed by atoms with E-state index in [-0.39, 0.29) is 5.60 Å². The Morgan fingerprint density at radius 2 is 1.93 bits per heavy atom. The molecule has 1 N–H and O–H groups in total. The van der Waals surface area contributed by atoms with E-state index in [2.05, 4.69) is 19.2 Å². The van der Waals surface area contributed by atoms with Crippen molar-refractivity contribution in [2.24, 2.45) is 0 Å². The lowest BCUT2D eigenvalue weighted by Crippen LogP contribution is -2.44. The number of hydrogen-bond donors (Lipinski definition) is 1. The van der Waals surface area contributed by atoms with Gasteiger partial charge in [-0.3, -0.25) is 0 Å². The van der Waals surface area contributed by atoms with Crippen LogP contribution in [0.2, 0.25) is 0 Å². The summed E-state index contributed by atoms with van der Waals surface area (Å²) in [6.45, 7) is 7.72. The molecule has 0 aliphatic carbocycles. The summed E-state index contributed by atoms with van der Waals surface area (Å²) in [6.07, 6.45) is -1.71. The van der Waals surface area contributed by atoms with Gasteiger partial charge in [-0.2, -0.15) is 13.2 Å². The maximum absolute atomic E-state index is 13.2. The number of alkyl halides is 3. The first-order valence-electron chi connectivity index (χ1n) is 9.69. The minimum atomic E-state index is -4.34. The van der Waals surface area contributed by atoms with Crippen LogP contribution >= 0.6 is 11.3 Å². The van der Waals surface area contributed by atoms with E-state index in [1.807, 2.05) is 30.5 Å². The van der Waals surface area contributed by atoms with Crippen LogP contribution in [0.5, 0.6) is 0 Å². The van der Waals surface area contributed by atoms with E-state index in [0.717, 1.165) is 43.4 Å². The maximum Gasteiger partial charge on any atom is 0.416 e. The van der Waals surface area contributed by atoms with Gasteiger partial charge in [0.25, 0.3) is 0 Å². The lowest BCUT2D eigenvalue weighted by atomic mass is 9.77. The predicted octanol–water partition coefficient (Wildman–Crippen LogP) is 6.01. The zero-order chi connectivity index (χ0) is 20.4. The lowest BCUT2D eigenvalue weighted by Gasteiger charge is -2.37. The van der Waals surface area contributed by atoms with Crippen LogP contribution in [-0.4, -0.2) is 24.8 Å². The molecule has 1 aromatic carbocycles. The van der Waals surface area contributed by atoms with Crippen LogP contribution in [0.1, 0.15) is 56.0 Å². The molecule has 3 rings (SSSR count). The predicted molar refractivity (Wildman–Crippen MR) is 108 cm³/mol. The summed E-state index contributed by atoms with van der Waals surface area (Å²) in [5, 5.41) is 5.59. The first kappa shape index (κ1) is 21.3. The van der Waals surface area contributed by atoms with E-state index < -0.39 is 17.2 Å². The Hall–Kier alpha value is -1.37. The highest BCUT2D eigenvalue weighted by molar-refractivity contribution is 7.10. The third kappa shape index (κ3) is 4.97. The van der Waals surface area contributed by atoms with E-state index in [4.69, 9.17) is 4.74 Å². The van der Waals surface area contributed by atoms with Crippen molar-refractivity contribution < 1.29 is 17.9 Å². The molecule has 0 bridgehead atoms. The van der Waals surface area contributed by atoms with Crippen molar-refractivity contribution in [2.45, 2.75) is 63.3 Å². The largest absolute Gasteiger partial charge is 0.416 e. The second-order valence-electron chi connectivity index (χ2n) is 8.39. The highest BCUT2D eigenvalue weighted by Crippen LogP contribution is 2.40. The first-order chi connectivity index (χ1) is 13.1. The third-order valence-electron chi connectivity index (χ3n) is 5.65. The highest BCUT2D eigenvalue weighted by atomic mass is 32.1. The van der Waals surface area contributed by atoms with Crippen molar-refractivity contribution in [1.82, 2.24) is 5.32 Å². The average Bonchev–Trinajstić information content (AvgIpc) is 3.15. The Morgan fingerprint density at radius 1 is 1.18 bits per heavy atom. The summed E-state index contributed by atoms with van der Waals surface area (Å²) in [5.41, 5.74) is -0.484. The van der Waals surface area contributed by atoms with E-state index in [0.29, 0.717) is 11.6 Å². The summed E-state index contributed by atoms with van der Waals surface area (Å²) >= 11 is 1.59. The van der Waals surface area contributed by atoms with Gasteiger partial charge in [0.05, 0.1) is 11.2 Å². The normalized spacial score (nSPS) is 22.0. The van der Waals surface area contributed by atoms with Crippen molar-refractivity contribution in [2.75, 3.05) is 13.2 Å². The summed E-state index contributed by atoms with van der Waals surface area (Å²) in [7, 11) is 0. The van der Waals surface area contributed by atoms with E-state index in [1.165, 1.54) is 12.1 Å². The fraction of sp³-hybridized carbons (Fsp3) is 0.545. The molecule has 1 aromatic heterocycles. The van der Waals surface area contributed by atoms with Gasteiger partial charge in [0.1, 0.15) is 0 Å². The zero-order valence-corrected chi connectivity index (χ0v) is 17.4. The van der Waals surface area contributed by atoms with Gasteiger partial charge in [-0.1, -0.05) is 31.2 Å². The number of halogens is 3. The number of thiophene rings is 1. The zero-order valence-electron chi connectivity index (χ0n) is 16.6. The number of hydrogen-bond acceptors (Lipinski definition) is 3.